The zero-order valence-electron chi connectivity index (χ0n) is 18.2. The van der Waals surface area contributed by atoms with Gasteiger partial charge in [0.05, 0.1) is 28.4 Å². The molecule has 2 aromatic rings. The molecule has 0 aliphatic rings. The lowest BCUT2D eigenvalue weighted by Gasteiger charge is -2.08. The van der Waals surface area contributed by atoms with Gasteiger partial charge in [-0.15, -0.1) is 0 Å². The van der Waals surface area contributed by atoms with Gasteiger partial charge in [0.25, 0.3) is 0 Å². The summed E-state index contributed by atoms with van der Waals surface area (Å²) in [6.45, 7) is 1.23. The molecule has 0 saturated carbocycles. The van der Waals surface area contributed by atoms with Crippen LogP contribution in [0.5, 0.6) is 23.0 Å². The molecule has 0 fully saturated rings. The minimum Gasteiger partial charge on any atom is -0.497 e. The van der Waals surface area contributed by atoms with E-state index >= 15 is 0 Å². The van der Waals surface area contributed by atoms with Crippen molar-refractivity contribution >= 4 is 10.4 Å². The van der Waals surface area contributed by atoms with Crippen molar-refractivity contribution in [1.29, 1.82) is 0 Å². The molecule has 176 valence electrons. The molecule has 0 spiro atoms. The maximum Gasteiger partial charge on any atom is 0.394 e. The molecule has 0 aliphatic carbocycles. The maximum absolute atomic E-state index is 8.74. The van der Waals surface area contributed by atoms with E-state index in [1.54, 1.807) is 28.4 Å². The predicted octanol–water partition coefficient (Wildman–Crippen LogP) is 1.76. The molecular formula is C20H32N2O8S. The summed E-state index contributed by atoms with van der Waals surface area (Å²) in [5, 5.41) is 0. The van der Waals surface area contributed by atoms with E-state index < -0.39 is 10.4 Å². The molecule has 0 unspecified atom stereocenters. The van der Waals surface area contributed by atoms with Gasteiger partial charge in [0.2, 0.25) is 0 Å². The second-order valence-corrected chi connectivity index (χ2v) is 6.78. The molecular weight excluding hydrogens is 428 g/mol. The Labute approximate surface area is 183 Å². The van der Waals surface area contributed by atoms with E-state index in [9.17, 15) is 0 Å². The van der Waals surface area contributed by atoms with Crippen LogP contribution in [0, 0.1) is 0 Å². The lowest BCUT2D eigenvalue weighted by molar-refractivity contribution is 0.381. The fraction of sp³-hybridized carbons (Fsp3) is 0.400. The number of hydrogen-bond acceptors (Lipinski definition) is 8. The van der Waals surface area contributed by atoms with Crippen LogP contribution in [0.15, 0.2) is 36.4 Å². The van der Waals surface area contributed by atoms with E-state index in [4.69, 9.17) is 47.9 Å². The average Bonchev–Trinajstić information content (AvgIpc) is 2.73. The highest BCUT2D eigenvalue weighted by molar-refractivity contribution is 7.79. The van der Waals surface area contributed by atoms with E-state index in [1.807, 2.05) is 36.4 Å². The fourth-order valence-electron chi connectivity index (χ4n) is 2.47. The molecule has 0 atom stereocenters. The topological polar surface area (TPSA) is 164 Å². The third-order valence-corrected chi connectivity index (χ3v) is 3.80. The summed E-state index contributed by atoms with van der Waals surface area (Å²) in [5.74, 6) is 3.41. The van der Waals surface area contributed by atoms with Crippen molar-refractivity contribution in [3.63, 3.8) is 0 Å². The number of nitrogens with two attached hydrogens (primary N) is 2. The molecule has 6 N–H and O–H groups in total. The maximum atomic E-state index is 8.74. The van der Waals surface area contributed by atoms with E-state index in [0.29, 0.717) is 13.1 Å². The first-order valence-electron chi connectivity index (χ1n) is 9.15. The van der Waals surface area contributed by atoms with Crippen molar-refractivity contribution in [3.8, 4) is 23.0 Å². The van der Waals surface area contributed by atoms with Gasteiger partial charge >= 0.3 is 10.4 Å². The highest BCUT2D eigenvalue weighted by Crippen LogP contribution is 2.24. The Kier molecular flexibility index (Phi) is 14.0. The van der Waals surface area contributed by atoms with Crippen LogP contribution in [0.1, 0.15) is 11.1 Å². The van der Waals surface area contributed by atoms with Crippen molar-refractivity contribution in [3.05, 3.63) is 47.5 Å². The van der Waals surface area contributed by atoms with E-state index in [-0.39, 0.29) is 0 Å². The smallest absolute Gasteiger partial charge is 0.394 e. The second kappa shape index (κ2) is 15.3. The van der Waals surface area contributed by atoms with Gasteiger partial charge < -0.3 is 30.4 Å². The first-order valence-corrected chi connectivity index (χ1v) is 10.5. The summed E-state index contributed by atoms with van der Waals surface area (Å²) in [4.78, 5) is 0. The second-order valence-electron chi connectivity index (χ2n) is 5.88. The number of ether oxygens (including phenoxy) is 4. The Balaban J connectivity index is 0.000000479. The Morgan fingerprint density at radius 2 is 1.03 bits per heavy atom. The molecule has 0 amide bonds. The fourth-order valence-corrected chi connectivity index (χ4v) is 2.47. The van der Waals surface area contributed by atoms with Crippen molar-refractivity contribution in [2.45, 2.75) is 12.8 Å². The quantitative estimate of drug-likeness (QED) is 0.427. The highest BCUT2D eigenvalue weighted by Gasteiger charge is 2.04. The van der Waals surface area contributed by atoms with Crippen LogP contribution in [0.25, 0.3) is 0 Å². The van der Waals surface area contributed by atoms with Crippen LogP contribution >= 0.6 is 0 Å². The molecule has 10 nitrogen and oxygen atoms in total. The third kappa shape index (κ3) is 12.7. The van der Waals surface area contributed by atoms with Gasteiger partial charge in [-0.2, -0.15) is 8.42 Å². The molecule has 0 aromatic heterocycles. The van der Waals surface area contributed by atoms with Crippen LogP contribution in [0.3, 0.4) is 0 Å². The summed E-state index contributed by atoms with van der Waals surface area (Å²) in [7, 11) is 1.94. The van der Waals surface area contributed by atoms with Crippen LogP contribution in [0.4, 0.5) is 0 Å². The first-order chi connectivity index (χ1) is 14.6. The summed E-state index contributed by atoms with van der Waals surface area (Å²) >= 11 is 0. The standard InChI is InChI=1S/2C10H15NO2.H2O4S/c2*1-12-9-3-4-10(13-2)8(7-9)5-6-11;1-5(2,3)4/h2*3-4,7H,5-6,11H2,1-2H3;(H2,1,2,3,4). The Hall–Kier alpha value is -2.57. The molecule has 11 heteroatoms. The zero-order chi connectivity index (χ0) is 23.9. The largest absolute Gasteiger partial charge is 0.497 e. The SMILES string of the molecule is COc1ccc(OC)c(CCN)c1.COc1ccc(OC)c(CCN)c1.O=S(=O)(O)O. The minimum absolute atomic E-state index is 0.615. The molecule has 31 heavy (non-hydrogen) atoms. The van der Waals surface area contributed by atoms with Crippen LogP contribution < -0.4 is 30.4 Å². The summed E-state index contributed by atoms with van der Waals surface area (Å²) in [6.07, 6.45) is 1.61. The molecule has 0 heterocycles. The summed E-state index contributed by atoms with van der Waals surface area (Å²) in [5.41, 5.74) is 13.1. The van der Waals surface area contributed by atoms with E-state index in [1.165, 1.54) is 0 Å². The van der Waals surface area contributed by atoms with Gasteiger partial charge in [0, 0.05) is 0 Å². The first kappa shape index (κ1) is 28.4. The van der Waals surface area contributed by atoms with Crippen LogP contribution in [0.2, 0.25) is 0 Å². The zero-order valence-corrected chi connectivity index (χ0v) is 19.0. The van der Waals surface area contributed by atoms with Gasteiger partial charge in [0.15, 0.2) is 0 Å². The highest BCUT2D eigenvalue weighted by atomic mass is 32.3. The van der Waals surface area contributed by atoms with Crippen molar-refractivity contribution in [1.82, 2.24) is 0 Å². The minimum atomic E-state index is -4.67. The monoisotopic (exact) mass is 460 g/mol. The molecule has 0 aliphatic heterocycles. The van der Waals surface area contributed by atoms with Crippen molar-refractivity contribution in [2.24, 2.45) is 11.5 Å². The molecule has 0 radical (unpaired) electrons. The van der Waals surface area contributed by atoms with Crippen molar-refractivity contribution < 1.29 is 36.5 Å². The van der Waals surface area contributed by atoms with Gasteiger partial charge in [-0.1, -0.05) is 0 Å². The third-order valence-electron chi connectivity index (χ3n) is 3.80. The van der Waals surface area contributed by atoms with Crippen molar-refractivity contribution in [2.75, 3.05) is 41.5 Å². The van der Waals surface area contributed by atoms with Crippen LogP contribution in [-0.2, 0) is 23.2 Å². The Morgan fingerprint density at radius 1 is 0.710 bits per heavy atom. The van der Waals surface area contributed by atoms with E-state index in [0.717, 1.165) is 47.0 Å². The van der Waals surface area contributed by atoms with Gasteiger partial charge in [-0.05, 0) is 73.5 Å². The van der Waals surface area contributed by atoms with Crippen LogP contribution in [-0.4, -0.2) is 59.1 Å². The number of benzene rings is 2. The number of methoxy groups -OCH3 is 4. The van der Waals surface area contributed by atoms with Gasteiger partial charge in [0.1, 0.15) is 23.0 Å². The predicted molar refractivity (Wildman–Crippen MR) is 119 cm³/mol. The molecule has 0 bridgehead atoms. The number of hydrogen-bond donors (Lipinski definition) is 4. The lowest BCUT2D eigenvalue weighted by Crippen LogP contribution is -2.04. The van der Waals surface area contributed by atoms with Gasteiger partial charge in [-0.25, -0.2) is 0 Å². The normalized spacial score (nSPS) is 10.1. The summed E-state index contributed by atoms with van der Waals surface area (Å²) in [6, 6.07) is 11.4. The Bertz CT molecular complexity index is 810. The Morgan fingerprint density at radius 3 is 1.26 bits per heavy atom. The number of rotatable bonds is 8. The van der Waals surface area contributed by atoms with E-state index in [2.05, 4.69) is 0 Å². The summed E-state index contributed by atoms with van der Waals surface area (Å²) < 4.78 is 52.2. The molecule has 0 saturated heterocycles. The average molecular weight is 461 g/mol. The molecule has 2 rings (SSSR count). The van der Waals surface area contributed by atoms with Gasteiger partial charge in [-0.3, -0.25) is 9.11 Å². The molecule has 2 aromatic carbocycles. The lowest BCUT2D eigenvalue weighted by atomic mass is 10.1.